The van der Waals surface area contributed by atoms with Crippen LogP contribution >= 0.6 is 0 Å². The van der Waals surface area contributed by atoms with Crippen LogP contribution < -0.4 is 5.73 Å². The van der Waals surface area contributed by atoms with E-state index in [0.29, 0.717) is 0 Å². The summed E-state index contributed by atoms with van der Waals surface area (Å²) in [5.41, 5.74) is 9.43. The van der Waals surface area contributed by atoms with E-state index in [-0.39, 0.29) is 6.04 Å². The average molecular weight is 217 g/mol. The van der Waals surface area contributed by atoms with Crippen LogP contribution in [-0.2, 0) is 13.0 Å². The molecule has 0 bridgehead atoms. The fraction of sp³-hybridized carbons (Fsp3) is 0.462. The molecular weight excluding hydrogens is 198 g/mol. The summed E-state index contributed by atoms with van der Waals surface area (Å²) in [6.45, 7) is 7.12. The third-order valence-corrected chi connectivity index (χ3v) is 2.86. The van der Waals surface area contributed by atoms with Gasteiger partial charge in [0.25, 0.3) is 0 Å². The van der Waals surface area contributed by atoms with Crippen molar-refractivity contribution >= 4 is 10.9 Å². The Labute approximate surface area is 96.2 Å². The van der Waals surface area contributed by atoms with Crippen molar-refractivity contribution in [3.8, 4) is 0 Å². The number of nitrogens with zero attached hydrogens (tertiary/aromatic N) is 2. The largest absolute Gasteiger partial charge is 0.328 e. The van der Waals surface area contributed by atoms with Gasteiger partial charge in [-0.15, -0.1) is 0 Å². The average Bonchev–Trinajstić information content (AvgIpc) is 2.55. The summed E-state index contributed by atoms with van der Waals surface area (Å²) in [4.78, 5) is 0. The fourth-order valence-corrected chi connectivity index (χ4v) is 2.13. The van der Waals surface area contributed by atoms with Gasteiger partial charge in [-0.25, -0.2) is 0 Å². The molecule has 0 aliphatic heterocycles. The van der Waals surface area contributed by atoms with E-state index in [4.69, 9.17) is 5.73 Å². The standard InChI is InChI=1S/C13H19N3/c1-4-16-13-6-5-11(7-9(2)14)8-12(13)10(3)15-16/h5-6,8-9H,4,7,14H2,1-3H3. The first-order chi connectivity index (χ1) is 7.61. The Kier molecular flexibility index (Phi) is 2.97. The first kappa shape index (κ1) is 11.1. The zero-order valence-electron chi connectivity index (χ0n) is 10.2. The van der Waals surface area contributed by atoms with Gasteiger partial charge in [-0.05, 0) is 44.9 Å². The molecule has 0 amide bonds. The van der Waals surface area contributed by atoms with Gasteiger partial charge >= 0.3 is 0 Å². The topological polar surface area (TPSA) is 43.8 Å². The van der Waals surface area contributed by atoms with E-state index in [1.165, 1.54) is 16.5 Å². The molecule has 1 atom stereocenters. The fourth-order valence-electron chi connectivity index (χ4n) is 2.13. The molecule has 3 heteroatoms. The van der Waals surface area contributed by atoms with Crippen LogP contribution in [0.4, 0.5) is 0 Å². The number of rotatable bonds is 3. The maximum atomic E-state index is 5.82. The molecule has 0 aliphatic carbocycles. The molecule has 2 N–H and O–H groups in total. The molecule has 2 aromatic rings. The summed E-state index contributed by atoms with van der Waals surface area (Å²) in [6, 6.07) is 6.72. The number of hydrogen-bond donors (Lipinski definition) is 1. The van der Waals surface area contributed by atoms with E-state index in [0.717, 1.165) is 18.7 Å². The minimum Gasteiger partial charge on any atom is -0.328 e. The number of fused-ring (bicyclic) bond motifs is 1. The van der Waals surface area contributed by atoms with Gasteiger partial charge in [0, 0.05) is 18.0 Å². The van der Waals surface area contributed by atoms with Gasteiger partial charge < -0.3 is 5.73 Å². The van der Waals surface area contributed by atoms with E-state index < -0.39 is 0 Å². The van der Waals surface area contributed by atoms with Crippen molar-refractivity contribution in [1.82, 2.24) is 9.78 Å². The lowest BCUT2D eigenvalue weighted by Crippen LogP contribution is -2.17. The number of nitrogens with two attached hydrogens (primary N) is 1. The molecular formula is C13H19N3. The lowest BCUT2D eigenvalue weighted by atomic mass is 10.0. The van der Waals surface area contributed by atoms with E-state index in [1.54, 1.807) is 0 Å². The van der Waals surface area contributed by atoms with Gasteiger partial charge in [-0.2, -0.15) is 5.10 Å². The molecule has 1 aromatic heterocycles. The zero-order valence-corrected chi connectivity index (χ0v) is 10.2. The van der Waals surface area contributed by atoms with Crippen LogP contribution in [0.2, 0.25) is 0 Å². The Morgan fingerprint density at radius 3 is 2.81 bits per heavy atom. The summed E-state index contributed by atoms with van der Waals surface area (Å²) < 4.78 is 2.04. The quantitative estimate of drug-likeness (QED) is 0.857. The predicted molar refractivity (Wildman–Crippen MR) is 67.5 cm³/mol. The summed E-state index contributed by atoms with van der Waals surface area (Å²) in [6.07, 6.45) is 0.923. The summed E-state index contributed by atoms with van der Waals surface area (Å²) in [7, 11) is 0. The van der Waals surface area contributed by atoms with Crippen LogP contribution in [0.15, 0.2) is 18.2 Å². The third kappa shape index (κ3) is 1.95. The molecule has 0 saturated carbocycles. The Bertz CT molecular complexity index is 497. The normalized spacial score (nSPS) is 13.2. The molecule has 0 radical (unpaired) electrons. The van der Waals surface area contributed by atoms with Crippen LogP contribution in [0.25, 0.3) is 10.9 Å². The molecule has 1 aromatic carbocycles. The zero-order chi connectivity index (χ0) is 11.7. The van der Waals surface area contributed by atoms with E-state index in [2.05, 4.69) is 37.1 Å². The second-order valence-electron chi connectivity index (χ2n) is 4.43. The van der Waals surface area contributed by atoms with E-state index >= 15 is 0 Å². The molecule has 16 heavy (non-hydrogen) atoms. The highest BCUT2D eigenvalue weighted by atomic mass is 15.3. The van der Waals surface area contributed by atoms with Crippen molar-refractivity contribution in [2.24, 2.45) is 5.73 Å². The van der Waals surface area contributed by atoms with Crippen molar-refractivity contribution in [2.45, 2.75) is 39.8 Å². The molecule has 86 valence electrons. The van der Waals surface area contributed by atoms with Crippen molar-refractivity contribution in [3.05, 3.63) is 29.5 Å². The van der Waals surface area contributed by atoms with Gasteiger partial charge in [0.15, 0.2) is 0 Å². The van der Waals surface area contributed by atoms with E-state index in [9.17, 15) is 0 Å². The van der Waals surface area contributed by atoms with Crippen LogP contribution in [0.1, 0.15) is 25.1 Å². The summed E-state index contributed by atoms with van der Waals surface area (Å²) in [5, 5.41) is 5.76. The number of aromatic nitrogens is 2. The van der Waals surface area contributed by atoms with Gasteiger partial charge in [0.1, 0.15) is 0 Å². The first-order valence-electron chi connectivity index (χ1n) is 5.83. The highest BCUT2D eigenvalue weighted by Crippen LogP contribution is 2.20. The number of hydrogen-bond acceptors (Lipinski definition) is 2. The predicted octanol–water partition coefficient (Wildman–Crippen LogP) is 2.25. The smallest absolute Gasteiger partial charge is 0.0685 e. The van der Waals surface area contributed by atoms with Gasteiger partial charge in [0.2, 0.25) is 0 Å². The van der Waals surface area contributed by atoms with Crippen LogP contribution in [-0.4, -0.2) is 15.8 Å². The summed E-state index contributed by atoms with van der Waals surface area (Å²) >= 11 is 0. The maximum Gasteiger partial charge on any atom is 0.0685 e. The van der Waals surface area contributed by atoms with E-state index in [1.807, 2.05) is 11.6 Å². The first-order valence-corrected chi connectivity index (χ1v) is 5.83. The third-order valence-electron chi connectivity index (χ3n) is 2.86. The highest BCUT2D eigenvalue weighted by Gasteiger charge is 2.07. The molecule has 1 heterocycles. The Morgan fingerprint density at radius 2 is 2.19 bits per heavy atom. The minimum atomic E-state index is 0.207. The Morgan fingerprint density at radius 1 is 1.44 bits per heavy atom. The lowest BCUT2D eigenvalue weighted by molar-refractivity contribution is 0.676. The second kappa shape index (κ2) is 4.26. The lowest BCUT2D eigenvalue weighted by Gasteiger charge is -2.05. The van der Waals surface area contributed by atoms with Crippen molar-refractivity contribution in [3.63, 3.8) is 0 Å². The van der Waals surface area contributed by atoms with Gasteiger partial charge in [-0.3, -0.25) is 4.68 Å². The van der Waals surface area contributed by atoms with Crippen LogP contribution in [0.5, 0.6) is 0 Å². The minimum absolute atomic E-state index is 0.207. The molecule has 0 fully saturated rings. The molecule has 0 saturated heterocycles. The number of benzene rings is 1. The molecule has 0 aliphatic rings. The Balaban J connectivity index is 2.49. The van der Waals surface area contributed by atoms with Crippen molar-refractivity contribution < 1.29 is 0 Å². The second-order valence-corrected chi connectivity index (χ2v) is 4.43. The van der Waals surface area contributed by atoms with Crippen molar-refractivity contribution in [1.29, 1.82) is 0 Å². The van der Waals surface area contributed by atoms with Crippen LogP contribution in [0.3, 0.4) is 0 Å². The highest BCUT2D eigenvalue weighted by molar-refractivity contribution is 5.82. The summed E-state index contributed by atoms with van der Waals surface area (Å²) in [5.74, 6) is 0. The SMILES string of the molecule is CCn1nc(C)c2cc(CC(C)N)ccc21. The molecule has 3 nitrogen and oxygen atoms in total. The Hall–Kier alpha value is -1.35. The molecule has 0 spiro atoms. The van der Waals surface area contributed by atoms with Crippen molar-refractivity contribution in [2.75, 3.05) is 0 Å². The monoisotopic (exact) mass is 217 g/mol. The van der Waals surface area contributed by atoms with Gasteiger partial charge in [0.05, 0.1) is 11.2 Å². The van der Waals surface area contributed by atoms with Crippen LogP contribution in [0, 0.1) is 6.92 Å². The molecule has 2 rings (SSSR count). The number of aryl methyl sites for hydroxylation is 2. The van der Waals surface area contributed by atoms with Gasteiger partial charge in [-0.1, -0.05) is 6.07 Å². The molecule has 1 unspecified atom stereocenters. The maximum absolute atomic E-state index is 5.82.